The number of rotatable bonds is 16. The predicted octanol–water partition coefficient (Wildman–Crippen LogP) is 6.60. The number of methoxy groups -OCH3 is 1. The van der Waals surface area contributed by atoms with E-state index in [1.165, 1.54) is 35.7 Å². The highest BCUT2D eigenvalue weighted by Gasteiger charge is 2.31. The van der Waals surface area contributed by atoms with Crippen LogP contribution in [0.25, 0.3) is 0 Å². The topological polar surface area (TPSA) is 145 Å². The van der Waals surface area contributed by atoms with E-state index in [2.05, 4.69) is 5.32 Å². The fourth-order valence-electron chi connectivity index (χ4n) is 5.56. The van der Waals surface area contributed by atoms with Crippen molar-refractivity contribution in [2.24, 2.45) is 0 Å². The molecule has 0 amide bonds. The van der Waals surface area contributed by atoms with Crippen molar-refractivity contribution in [3.63, 3.8) is 0 Å². The molecule has 0 saturated heterocycles. The van der Waals surface area contributed by atoms with Crippen LogP contribution >= 0.6 is 0 Å². The summed E-state index contributed by atoms with van der Waals surface area (Å²) in [6.07, 6.45) is 0.235. The van der Waals surface area contributed by atoms with Gasteiger partial charge in [0.1, 0.15) is 18.4 Å². The van der Waals surface area contributed by atoms with Gasteiger partial charge in [0.15, 0.2) is 10.7 Å². The van der Waals surface area contributed by atoms with E-state index in [0.717, 1.165) is 16.7 Å². The van der Waals surface area contributed by atoms with Gasteiger partial charge in [0.05, 0.1) is 12.0 Å². The van der Waals surface area contributed by atoms with Crippen molar-refractivity contribution in [1.82, 2.24) is 4.31 Å². The Morgan fingerprint density at radius 2 is 1.53 bits per heavy atom. The molecule has 0 bridgehead atoms. The number of nitrogens with one attached hydrogen (secondary N) is 1. The number of nitro groups is 1. The van der Waals surface area contributed by atoms with E-state index in [1.807, 2.05) is 31.2 Å². The second-order valence-electron chi connectivity index (χ2n) is 11.7. The van der Waals surface area contributed by atoms with E-state index in [1.54, 1.807) is 78.9 Å². The molecule has 262 valence electrons. The molecule has 0 saturated carbocycles. The van der Waals surface area contributed by atoms with Gasteiger partial charge >= 0.3 is 5.97 Å². The minimum Gasteiger partial charge on any atom is -0.492 e. The molecule has 5 aromatic rings. The summed E-state index contributed by atoms with van der Waals surface area (Å²) < 4.78 is 39.7. The van der Waals surface area contributed by atoms with Crippen molar-refractivity contribution < 1.29 is 32.4 Å². The third-order valence-electron chi connectivity index (χ3n) is 8.12. The number of carbonyl (C=O) groups is 2. The van der Waals surface area contributed by atoms with Gasteiger partial charge in [0.25, 0.3) is 5.69 Å². The van der Waals surface area contributed by atoms with Gasteiger partial charge in [-0.05, 0) is 48.4 Å². The van der Waals surface area contributed by atoms with E-state index in [9.17, 15) is 28.1 Å². The third kappa shape index (κ3) is 9.24. The molecule has 0 aliphatic rings. The first-order valence-corrected chi connectivity index (χ1v) is 17.5. The Morgan fingerprint density at radius 1 is 0.843 bits per heavy atom. The molecule has 0 aliphatic heterocycles. The Morgan fingerprint density at radius 3 is 2.24 bits per heavy atom. The monoisotopic (exact) mass is 707 g/mol. The second-order valence-corrected chi connectivity index (χ2v) is 13.6. The van der Waals surface area contributed by atoms with Gasteiger partial charge in [-0.2, -0.15) is 4.31 Å². The summed E-state index contributed by atoms with van der Waals surface area (Å²) in [5.41, 5.74) is 3.37. The fraction of sp³-hybridized carbons (Fsp3) is 0.179. The van der Waals surface area contributed by atoms with Crippen LogP contribution in [0.15, 0.2) is 132 Å². The molecule has 1 atom stereocenters. The average Bonchev–Trinajstić information content (AvgIpc) is 3.14. The maximum Gasteiger partial charge on any atom is 0.328 e. The number of sulfonamides is 1. The largest absolute Gasteiger partial charge is 0.492 e. The number of benzene rings is 5. The lowest BCUT2D eigenvalue weighted by Gasteiger charge is -2.23. The van der Waals surface area contributed by atoms with E-state index < -0.39 is 37.5 Å². The number of hydrogen-bond acceptors (Lipinski definition) is 9. The highest BCUT2D eigenvalue weighted by Crippen LogP contribution is 2.28. The molecule has 1 N–H and O–H groups in total. The van der Waals surface area contributed by atoms with Gasteiger partial charge in [0, 0.05) is 42.4 Å². The number of ether oxygens (including phenoxy) is 2. The number of anilines is 1. The Kier molecular flexibility index (Phi) is 11.9. The number of nitro benzene ring substituents is 1. The summed E-state index contributed by atoms with van der Waals surface area (Å²) in [5, 5.41) is 14.9. The molecule has 0 aliphatic carbocycles. The third-order valence-corrected chi connectivity index (χ3v) is 10.0. The van der Waals surface area contributed by atoms with E-state index in [-0.39, 0.29) is 31.9 Å². The van der Waals surface area contributed by atoms with Gasteiger partial charge in [-0.3, -0.25) is 14.9 Å². The number of nitrogens with zero attached hydrogens (tertiary/aromatic N) is 2. The van der Waals surface area contributed by atoms with Gasteiger partial charge in [0.2, 0.25) is 10.0 Å². The lowest BCUT2D eigenvalue weighted by Crippen LogP contribution is -2.34. The zero-order valence-electron chi connectivity index (χ0n) is 28.1. The van der Waals surface area contributed by atoms with E-state index in [0.29, 0.717) is 22.6 Å². The molecule has 0 aromatic heterocycles. The lowest BCUT2D eigenvalue weighted by molar-refractivity contribution is -0.387. The molecule has 0 spiro atoms. The highest BCUT2D eigenvalue weighted by atomic mass is 32.2. The van der Waals surface area contributed by atoms with Crippen molar-refractivity contribution in [3.05, 3.63) is 165 Å². The van der Waals surface area contributed by atoms with Gasteiger partial charge in [-0.1, -0.05) is 96.6 Å². The molecular formula is C39H37N3O8S. The molecule has 5 aromatic carbocycles. The fourth-order valence-corrected chi connectivity index (χ4v) is 7.13. The first kappa shape index (κ1) is 36.4. The van der Waals surface area contributed by atoms with Crippen molar-refractivity contribution in [2.45, 2.75) is 30.8 Å². The van der Waals surface area contributed by atoms with Crippen LogP contribution in [0.3, 0.4) is 0 Å². The van der Waals surface area contributed by atoms with Crippen LogP contribution in [0.1, 0.15) is 32.6 Å². The minimum absolute atomic E-state index is 0.0135. The Balaban J connectivity index is 1.28. The maximum absolute atomic E-state index is 13.8. The van der Waals surface area contributed by atoms with Crippen molar-refractivity contribution in [2.75, 3.05) is 25.6 Å². The standard InChI is InChI=1S/C39H37N3O8S/c1-28-11-10-12-30(25-28)27-41(51(47,48)37-18-9-8-17-36(37)42(45)46)23-24-50-32-21-19-29(20-22-32)26-35(39(44)49-2)40-34-16-7-6-15-33(34)38(43)31-13-4-3-5-14-31/h3-22,25,35,40H,23-24,26-27H2,1-2H3/t35-/m0/s1. The van der Waals surface area contributed by atoms with E-state index in [4.69, 9.17) is 9.47 Å². The van der Waals surface area contributed by atoms with Crippen LogP contribution in [-0.2, 0) is 32.5 Å². The van der Waals surface area contributed by atoms with Gasteiger partial charge < -0.3 is 14.8 Å². The normalized spacial score (nSPS) is 11.8. The first-order chi connectivity index (χ1) is 24.6. The summed E-state index contributed by atoms with van der Waals surface area (Å²) in [6.45, 7) is 1.76. The van der Waals surface area contributed by atoms with E-state index >= 15 is 0 Å². The number of aryl methyl sites for hydroxylation is 1. The SMILES string of the molecule is COC(=O)[C@H](Cc1ccc(OCCN(Cc2cccc(C)c2)S(=O)(=O)c2ccccc2[N+](=O)[O-])cc1)Nc1ccccc1C(=O)c1ccccc1. The smallest absolute Gasteiger partial charge is 0.328 e. The summed E-state index contributed by atoms with van der Waals surface area (Å²) in [7, 11) is -2.98. The van der Waals surface area contributed by atoms with Gasteiger partial charge in [-0.15, -0.1) is 0 Å². The second kappa shape index (κ2) is 16.7. The zero-order chi connectivity index (χ0) is 36.4. The average molecular weight is 708 g/mol. The van der Waals surface area contributed by atoms with Crippen LogP contribution in [0.2, 0.25) is 0 Å². The predicted molar refractivity (Wildman–Crippen MR) is 193 cm³/mol. The number of carbonyl (C=O) groups excluding carboxylic acids is 2. The molecule has 12 heteroatoms. The molecule has 5 rings (SSSR count). The minimum atomic E-state index is -4.28. The van der Waals surface area contributed by atoms with Crippen LogP contribution in [-0.4, -0.2) is 55.7 Å². The van der Waals surface area contributed by atoms with Crippen LogP contribution in [0.4, 0.5) is 11.4 Å². The molecule has 51 heavy (non-hydrogen) atoms. The molecule has 0 radical (unpaired) electrons. The van der Waals surface area contributed by atoms with Crippen LogP contribution < -0.4 is 10.1 Å². The maximum atomic E-state index is 13.8. The lowest BCUT2D eigenvalue weighted by atomic mass is 10.00. The summed E-state index contributed by atoms with van der Waals surface area (Å²) in [4.78, 5) is 36.7. The molecule has 0 fully saturated rings. The Bertz CT molecular complexity index is 2110. The summed E-state index contributed by atoms with van der Waals surface area (Å²) in [6, 6.07) is 34.6. The van der Waals surface area contributed by atoms with Crippen molar-refractivity contribution in [1.29, 1.82) is 0 Å². The van der Waals surface area contributed by atoms with Crippen LogP contribution in [0.5, 0.6) is 5.75 Å². The van der Waals surface area contributed by atoms with Crippen molar-refractivity contribution in [3.8, 4) is 5.75 Å². The van der Waals surface area contributed by atoms with Crippen molar-refractivity contribution >= 4 is 33.2 Å². The van der Waals surface area contributed by atoms with Crippen LogP contribution in [0, 0.1) is 17.0 Å². The molecule has 0 unspecified atom stereocenters. The molecular weight excluding hydrogens is 671 g/mol. The number of hydrogen-bond donors (Lipinski definition) is 1. The van der Waals surface area contributed by atoms with Gasteiger partial charge in [-0.25, -0.2) is 13.2 Å². The molecule has 0 heterocycles. The molecule has 11 nitrogen and oxygen atoms in total. The number of ketones is 1. The zero-order valence-corrected chi connectivity index (χ0v) is 28.9. The Hall–Kier alpha value is -5.85. The summed E-state index contributed by atoms with van der Waals surface area (Å²) >= 11 is 0. The Labute approximate surface area is 296 Å². The quantitative estimate of drug-likeness (QED) is 0.0519. The number of esters is 1. The summed E-state index contributed by atoms with van der Waals surface area (Å²) in [5.74, 6) is -0.236. The highest BCUT2D eigenvalue weighted by molar-refractivity contribution is 7.89. The number of para-hydroxylation sites is 2. The first-order valence-electron chi connectivity index (χ1n) is 16.1.